The van der Waals surface area contributed by atoms with Gasteiger partial charge in [-0.1, -0.05) is 26.0 Å². The molecule has 126 valence electrons. The summed E-state index contributed by atoms with van der Waals surface area (Å²) in [6, 6.07) is 7.71. The highest BCUT2D eigenvalue weighted by Crippen LogP contribution is 2.15. The monoisotopic (exact) mass is 318 g/mol. The fourth-order valence-electron chi connectivity index (χ4n) is 2.86. The van der Waals surface area contributed by atoms with E-state index in [0.717, 1.165) is 37.2 Å². The first-order chi connectivity index (χ1) is 11.0. The van der Waals surface area contributed by atoms with Crippen LogP contribution in [0.2, 0.25) is 0 Å². The van der Waals surface area contributed by atoms with Crippen molar-refractivity contribution < 1.29 is 14.3 Å². The van der Waals surface area contributed by atoms with Crippen LogP contribution >= 0.6 is 0 Å². The van der Waals surface area contributed by atoms with Crippen molar-refractivity contribution in [1.82, 2.24) is 10.2 Å². The van der Waals surface area contributed by atoms with Crippen molar-refractivity contribution in [3.63, 3.8) is 0 Å². The lowest BCUT2D eigenvalue weighted by molar-refractivity contribution is -0.135. The maximum absolute atomic E-state index is 12.2. The Kier molecular flexibility index (Phi) is 6.02. The molecule has 1 aliphatic rings. The van der Waals surface area contributed by atoms with Gasteiger partial charge in [0.1, 0.15) is 5.75 Å². The van der Waals surface area contributed by atoms with Gasteiger partial charge in [0.25, 0.3) is 0 Å². The van der Waals surface area contributed by atoms with Crippen molar-refractivity contribution in [2.45, 2.75) is 39.2 Å². The average molecular weight is 318 g/mol. The molecular formula is C18H26N2O3. The van der Waals surface area contributed by atoms with Crippen LogP contribution in [-0.2, 0) is 16.0 Å². The fourth-order valence-corrected chi connectivity index (χ4v) is 2.86. The maximum atomic E-state index is 12.2. The molecule has 2 rings (SSSR count). The molecule has 23 heavy (non-hydrogen) atoms. The van der Waals surface area contributed by atoms with Crippen molar-refractivity contribution >= 4 is 11.8 Å². The highest BCUT2D eigenvalue weighted by Gasteiger charge is 2.25. The number of rotatable bonds is 5. The van der Waals surface area contributed by atoms with Crippen molar-refractivity contribution in [1.29, 1.82) is 0 Å². The first-order valence-corrected chi connectivity index (χ1v) is 8.20. The number of nitrogens with zero attached hydrogens (tertiary/aromatic N) is 1. The van der Waals surface area contributed by atoms with Gasteiger partial charge in [-0.25, -0.2) is 0 Å². The van der Waals surface area contributed by atoms with Crippen molar-refractivity contribution in [2.75, 3.05) is 20.2 Å². The first kappa shape index (κ1) is 17.3. The van der Waals surface area contributed by atoms with Gasteiger partial charge in [0.15, 0.2) is 0 Å². The molecule has 0 saturated carbocycles. The zero-order chi connectivity index (χ0) is 16.8. The van der Waals surface area contributed by atoms with Crippen LogP contribution in [0.1, 0.15) is 32.3 Å². The Labute approximate surface area is 138 Å². The van der Waals surface area contributed by atoms with Crippen LogP contribution in [0.25, 0.3) is 0 Å². The summed E-state index contributed by atoms with van der Waals surface area (Å²) in [5.74, 6) is 1.02. The molecule has 0 atom stereocenters. The van der Waals surface area contributed by atoms with Crippen LogP contribution in [-0.4, -0.2) is 43.0 Å². The summed E-state index contributed by atoms with van der Waals surface area (Å²) in [6.07, 6.45) is 1.99. The Balaban J connectivity index is 1.79. The minimum absolute atomic E-state index is 0.0203. The Morgan fingerprint density at radius 2 is 2.00 bits per heavy atom. The van der Waals surface area contributed by atoms with Gasteiger partial charge in [0, 0.05) is 25.0 Å². The van der Waals surface area contributed by atoms with E-state index in [1.54, 1.807) is 7.11 Å². The summed E-state index contributed by atoms with van der Waals surface area (Å²) < 4.78 is 5.17. The number of piperidine rings is 1. The van der Waals surface area contributed by atoms with Gasteiger partial charge in [-0.3, -0.25) is 9.59 Å². The Morgan fingerprint density at radius 1 is 1.30 bits per heavy atom. The van der Waals surface area contributed by atoms with Gasteiger partial charge < -0.3 is 15.0 Å². The van der Waals surface area contributed by atoms with Gasteiger partial charge in [0.2, 0.25) is 11.8 Å². The average Bonchev–Trinajstić information content (AvgIpc) is 2.54. The minimum atomic E-state index is 0.0203. The number of ether oxygens (including phenoxy) is 1. The lowest BCUT2D eigenvalue weighted by Crippen LogP contribution is -2.47. The van der Waals surface area contributed by atoms with Crippen LogP contribution in [0.4, 0.5) is 0 Å². The molecule has 0 aromatic heterocycles. The Morgan fingerprint density at radius 3 is 2.61 bits per heavy atom. The van der Waals surface area contributed by atoms with Crippen molar-refractivity contribution in [3.05, 3.63) is 29.8 Å². The second kappa shape index (κ2) is 7.99. The Hall–Kier alpha value is -2.04. The van der Waals surface area contributed by atoms with Crippen LogP contribution in [0.15, 0.2) is 24.3 Å². The number of likely N-dealkylation sites (tertiary alicyclic amines) is 1. The highest BCUT2D eigenvalue weighted by atomic mass is 16.5. The van der Waals surface area contributed by atoms with Gasteiger partial charge in [-0.2, -0.15) is 0 Å². The van der Waals surface area contributed by atoms with E-state index in [0.29, 0.717) is 6.42 Å². The molecule has 1 saturated heterocycles. The first-order valence-electron chi connectivity index (χ1n) is 8.20. The van der Waals surface area contributed by atoms with Crippen molar-refractivity contribution in [3.8, 4) is 5.75 Å². The normalized spacial score (nSPS) is 15.6. The molecule has 0 aliphatic carbocycles. The molecule has 1 N–H and O–H groups in total. The minimum Gasteiger partial charge on any atom is -0.497 e. The van der Waals surface area contributed by atoms with E-state index in [9.17, 15) is 9.59 Å². The molecule has 1 heterocycles. The lowest BCUT2D eigenvalue weighted by Gasteiger charge is -2.33. The molecule has 0 spiro atoms. The summed E-state index contributed by atoms with van der Waals surface area (Å²) >= 11 is 0. The number of benzene rings is 1. The topological polar surface area (TPSA) is 58.6 Å². The predicted octanol–water partition coefficient (Wildman–Crippen LogP) is 2.00. The molecule has 0 radical (unpaired) electrons. The van der Waals surface area contributed by atoms with E-state index in [4.69, 9.17) is 4.74 Å². The number of methoxy groups -OCH3 is 1. The summed E-state index contributed by atoms with van der Waals surface area (Å²) in [7, 11) is 1.62. The van der Waals surface area contributed by atoms with E-state index >= 15 is 0 Å². The maximum Gasteiger partial charge on any atom is 0.225 e. The summed E-state index contributed by atoms with van der Waals surface area (Å²) in [5.41, 5.74) is 0.939. The standard InChI is InChI=1S/C18H26N2O3/c1-13(2)18(22)20-9-7-15(8-10-20)19-17(21)12-14-5-4-6-16(11-14)23-3/h4-6,11,13,15H,7-10,12H2,1-3H3,(H,19,21). The molecule has 5 nitrogen and oxygen atoms in total. The lowest BCUT2D eigenvalue weighted by atomic mass is 10.0. The van der Waals surface area contributed by atoms with Crippen LogP contribution < -0.4 is 10.1 Å². The largest absolute Gasteiger partial charge is 0.497 e. The van der Waals surface area contributed by atoms with Gasteiger partial charge >= 0.3 is 0 Å². The second-order valence-electron chi connectivity index (χ2n) is 6.35. The number of amides is 2. The van der Waals surface area contributed by atoms with E-state index in [1.807, 2.05) is 43.0 Å². The summed E-state index contributed by atoms with van der Waals surface area (Å²) in [4.78, 5) is 26.0. The van der Waals surface area contributed by atoms with Crippen molar-refractivity contribution in [2.24, 2.45) is 5.92 Å². The molecule has 0 unspecified atom stereocenters. The van der Waals surface area contributed by atoms with Crippen LogP contribution in [0, 0.1) is 5.92 Å². The quantitative estimate of drug-likeness (QED) is 0.903. The molecular weight excluding hydrogens is 292 g/mol. The SMILES string of the molecule is COc1cccc(CC(=O)NC2CCN(C(=O)C(C)C)CC2)c1. The number of nitrogens with one attached hydrogen (secondary N) is 1. The Bertz CT molecular complexity index is 549. The number of hydrogen-bond donors (Lipinski definition) is 1. The zero-order valence-electron chi connectivity index (χ0n) is 14.2. The summed E-state index contributed by atoms with van der Waals surface area (Å²) in [5, 5.41) is 3.08. The van der Waals surface area contributed by atoms with Gasteiger partial charge in [-0.15, -0.1) is 0 Å². The zero-order valence-corrected chi connectivity index (χ0v) is 14.2. The van der Waals surface area contributed by atoms with E-state index in [1.165, 1.54) is 0 Å². The third-order valence-corrected chi connectivity index (χ3v) is 4.16. The predicted molar refractivity (Wildman–Crippen MR) is 89.3 cm³/mol. The molecule has 1 fully saturated rings. The molecule has 1 aromatic carbocycles. The third-order valence-electron chi connectivity index (χ3n) is 4.16. The van der Waals surface area contributed by atoms with E-state index < -0.39 is 0 Å². The molecule has 5 heteroatoms. The highest BCUT2D eigenvalue weighted by molar-refractivity contribution is 5.79. The summed E-state index contributed by atoms with van der Waals surface area (Å²) in [6.45, 7) is 5.29. The molecule has 1 aromatic rings. The molecule has 0 bridgehead atoms. The molecule has 2 amide bonds. The molecule has 1 aliphatic heterocycles. The second-order valence-corrected chi connectivity index (χ2v) is 6.35. The smallest absolute Gasteiger partial charge is 0.225 e. The van der Waals surface area contributed by atoms with Gasteiger partial charge in [-0.05, 0) is 30.5 Å². The fraction of sp³-hybridized carbons (Fsp3) is 0.556. The number of hydrogen-bond acceptors (Lipinski definition) is 3. The van der Waals surface area contributed by atoms with Crippen LogP contribution in [0.3, 0.4) is 0 Å². The van der Waals surface area contributed by atoms with Crippen LogP contribution in [0.5, 0.6) is 5.75 Å². The third kappa shape index (κ3) is 4.98. The number of carbonyl (C=O) groups excluding carboxylic acids is 2. The van der Waals surface area contributed by atoms with E-state index in [-0.39, 0.29) is 23.8 Å². The van der Waals surface area contributed by atoms with E-state index in [2.05, 4.69) is 5.32 Å². The van der Waals surface area contributed by atoms with Gasteiger partial charge in [0.05, 0.1) is 13.5 Å². The number of carbonyl (C=O) groups is 2.